The summed E-state index contributed by atoms with van der Waals surface area (Å²) >= 11 is 0. The first-order chi connectivity index (χ1) is 11.6. The lowest BCUT2D eigenvalue weighted by molar-refractivity contribution is -0.119. The molecule has 2 N–H and O–H groups in total. The summed E-state index contributed by atoms with van der Waals surface area (Å²) in [5.74, 6) is 0.400. The van der Waals surface area contributed by atoms with Gasteiger partial charge < -0.3 is 15.3 Å². The second kappa shape index (κ2) is 5.41. The number of amides is 1. The van der Waals surface area contributed by atoms with E-state index in [-0.39, 0.29) is 5.91 Å². The van der Waals surface area contributed by atoms with Gasteiger partial charge in [0.15, 0.2) is 0 Å². The van der Waals surface area contributed by atoms with E-state index < -0.39 is 12.1 Å². The fraction of sp³-hybridized carbons (Fsp3) is 0.375. The van der Waals surface area contributed by atoms with Gasteiger partial charge in [0.1, 0.15) is 0 Å². The summed E-state index contributed by atoms with van der Waals surface area (Å²) in [6.07, 6.45) is -0.0619. The number of hydrogen-bond donors (Lipinski definition) is 2. The normalized spacial score (nSPS) is 22.4. The van der Waals surface area contributed by atoms with Crippen molar-refractivity contribution in [1.29, 1.82) is 0 Å². The number of anilines is 1. The second-order valence-electron chi connectivity index (χ2n) is 6.18. The number of benzene rings is 1. The molecule has 0 saturated heterocycles. The van der Waals surface area contributed by atoms with Crippen molar-refractivity contribution in [2.24, 2.45) is 0 Å². The lowest BCUT2D eigenvalue weighted by atomic mass is 10.1. The maximum atomic E-state index is 12.8. The molecule has 8 nitrogen and oxygen atoms in total. The van der Waals surface area contributed by atoms with Crippen molar-refractivity contribution in [3.8, 4) is 0 Å². The lowest BCUT2D eigenvalue weighted by Gasteiger charge is -2.27. The number of nitrogens with zero attached hydrogens (tertiary/aromatic N) is 5. The second-order valence-corrected chi connectivity index (χ2v) is 6.18. The zero-order valence-electron chi connectivity index (χ0n) is 13.5. The van der Waals surface area contributed by atoms with E-state index in [2.05, 4.69) is 20.8 Å². The van der Waals surface area contributed by atoms with Gasteiger partial charge in [0.05, 0.1) is 24.3 Å². The summed E-state index contributed by atoms with van der Waals surface area (Å²) in [6.45, 7) is 2.18. The molecule has 0 radical (unpaired) electrons. The smallest absolute Gasteiger partial charge is 0.251 e. The van der Waals surface area contributed by atoms with E-state index in [0.29, 0.717) is 24.5 Å². The zero-order valence-corrected chi connectivity index (χ0v) is 13.5. The molecule has 2 aromatic rings. The maximum absolute atomic E-state index is 12.8. The number of rotatable bonds is 2. The van der Waals surface area contributed by atoms with Crippen LogP contribution in [0.4, 0.5) is 5.95 Å². The van der Waals surface area contributed by atoms with E-state index in [1.165, 1.54) is 0 Å². The van der Waals surface area contributed by atoms with Crippen LogP contribution in [-0.2, 0) is 17.8 Å². The Morgan fingerprint density at radius 2 is 2.17 bits per heavy atom. The highest BCUT2D eigenvalue weighted by Gasteiger charge is 2.34. The minimum Gasteiger partial charge on any atom is -0.390 e. The number of nitrogens with one attached hydrogen (secondary N) is 1. The zero-order chi connectivity index (χ0) is 16.8. The molecule has 1 aromatic carbocycles. The minimum absolute atomic E-state index is 0.207. The van der Waals surface area contributed by atoms with Crippen LogP contribution in [0.1, 0.15) is 24.1 Å². The minimum atomic E-state index is -0.614. The van der Waals surface area contributed by atoms with Crippen LogP contribution in [0, 0.1) is 0 Å². The summed E-state index contributed by atoms with van der Waals surface area (Å²) in [5.41, 5.74) is 3.44. The first kappa shape index (κ1) is 14.8. The third-order valence-corrected chi connectivity index (χ3v) is 4.83. The van der Waals surface area contributed by atoms with Gasteiger partial charge in [-0.05, 0) is 28.5 Å². The topological polar surface area (TPSA) is 96.2 Å². The summed E-state index contributed by atoms with van der Waals surface area (Å²) in [5, 5.41) is 24.8. The number of carbonyl (C=O) groups excluding carboxylic acids is 1. The number of aromatic nitrogens is 4. The first-order valence-corrected chi connectivity index (χ1v) is 7.82. The highest BCUT2D eigenvalue weighted by atomic mass is 16.3. The van der Waals surface area contributed by atoms with Crippen molar-refractivity contribution in [2.75, 3.05) is 11.9 Å². The van der Waals surface area contributed by atoms with Crippen molar-refractivity contribution in [1.82, 2.24) is 25.5 Å². The number of aliphatic hydroxyl groups excluding tert-OH is 1. The maximum Gasteiger partial charge on any atom is 0.251 e. The molecule has 1 amide bonds. The molecule has 2 atom stereocenters. The summed E-state index contributed by atoms with van der Waals surface area (Å²) in [7, 11) is 1.82. The van der Waals surface area contributed by atoms with E-state index in [4.69, 9.17) is 0 Å². The number of carbonyl (C=O) groups is 1. The van der Waals surface area contributed by atoms with Crippen molar-refractivity contribution in [3.05, 3.63) is 46.7 Å². The van der Waals surface area contributed by atoms with E-state index in [1.807, 2.05) is 38.2 Å². The van der Waals surface area contributed by atoms with Crippen LogP contribution < -0.4 is 10.2 Å². The Bertz CT molecular complexity index is 843. The van der Waals surface area contributed by atoms with Gasteiger partial charge in [0.25, 0.3) is 5.91 Å². The van der Waals surface area contributed by atoms with Crippen LogP contribution in [0.15, 0.2) is 35.5 Å². The van der Waals surface area contributed by atoms with E-state index in [0.717, 1.165) is 16.8 Å². The third-order valence-electron chi connectivity index (χ3n) is 4.83. The first-order valence-electron chi connectivity index (χ1n) is 7.82. The highest BCUT2D eigenvalue weighted by Crippen LogP contribution is 2.32. The highest BCUT2D eigenvalue weighted by molar-refractivity contribution is 5.95. The number of aliphatic hydroxyl groups is 1. The molecule has 1 aliphatic carbocycles. The summed E-state index contributed by atoms with van der Waals surface area (Å²) in [6, 6.07) is 7.40. The number of allylic oxidation sites excluding steroid dienone is 1. The molecule has 0 unspecified atom stereocenters. The number of hydrogen-bond acceptors (Lipinski definition) is 6. The Hall–Kier alpha value is -2.74. The van der Waals surface area contributed by atoms with E-state index >= 15 is 0 Å². The molecule has 24 heavy (non-hydrogen) atoms. The predicted molar refractivity (Wildman–Crippen MR) is 86.0 cm³/mol. The van der Waals surface area contributed by atoms with Crippen LogP contribution in [0.5, 0.6) is 0 Å². The van der Waals surface area contributed by atoms with Crippen LogP contribution >= 0.6 is 0 Å². The lowest BCUT2D eigenvalue weighted by Crippen LogP contribution is -2.39. The quantitative estimate of drug-likeness (QED) is 0.817. The number of fused-ring (bicyclic) bond motifs is 2. The van der Waals surface area contributed by atoms with Gasteiger partial charge in [-0.1, -0.05) is 29.4 Å². The van der Waals surface area contributed by atoms with E-state index in [9.17, 15) is 9.90 Å². The average Bonchev–Trinajstić information content (AvgIpc) is 3.16. The van der Waals surface area contributed by atoms with Crippen molar-refractivity contribution >= 4 is 11.9 Å². The van der Waals surface area contributed by atoms with Gasteiger partial charge in [-0.2, -0.15) is 0 Å². The summed E-state index contributed by atoms with van der Waals surface area (Å²) < 4.78 is 1.58. The SMILES string of the molecule is CC1=C(C(=O)N[C@@H]2c3ccccc3C[C@@H]2O)Cn2nnnc2N1C. The van der Waals surface area contributed by atoms with E-state index in [1.54, 1.807) is 9.58 Å². The monoisotopic (exact) mass is 326 g/mol. The van der Waals surface area contributed by atoms with Crippen molar-refractivity contribution < 1.29 is 9.90 Å². The molecule has 2 heterocycles. The standard InChI is InChI=1S/C16H18N6O2/c1-9-12(8-22-16(21(9)2)18-19-20-22)15(24)17-14-11-6-4-3-5-10(11)7-13(14)23/h3-6,13-14,23H,7-8H2,1-2H3,(H,17,24)/t13-,14+/m0/s1. The van der Waals surface area contributed by atoms with Gasteiger partial charge >= 0.3 is 0 Å². The van der Waals surface area contributed by atoms with Gasteiger partial charge in [0.2, 0.25) is 5.95 Å². The Morgan fingerprint density at radius 1 is 1.38 bits per heavy atom. The Kier molecular flexibility index (Phi) is 3.34. The molecular formula is C16H18N6O2. The van der Waals surface area contributed by atoms with Gasteiger partial charge in [-0.15, -0.1) is 0 Å². The predicted octanol–water partition coefficient (Wildman–Crippen LogP) is 0.171. The molecule has 1 aromatic heterocycles. The molecular weight excluding hydrogens is 308 g/mol. The van der Waals surface area contributed by atoms with Crippen LogP contribution in [0.3, 0.4) is 0 Å². The molecule has 4 rings (SSSR count). The van der Waals surface area contributed by atoms with Crippen LogP contribution in [0.25, 0.3) is 0 Å². The van der Waals surface area contributed by atoms with Crippen molar-refractivity contribution in [2.45, 2.75) is 32.0 Å². The van der Waals surface area contributed by atoms with Gasteiger partial charge in [-0.25, -0.2) is 4.68 Å². The summed E-state index contributed by atoms with van der Waals surface area (Å²) in [4.78, 5) is 14.6. The fourth-order valence-corrected chi connectivity index (χ4v) is 3.37. The van der Waals surface area contributed by atoms with Gasteiger partial charge in [0, 0.05) is 19.2 Å². The molecule has 0 saturated carbocycles. The average molecular weight is 326 g/mol. The Balaban J connectivity index is 1.60. The van der Waals surface area contributed by atoms with Crippen molar-refractivity contribution in [3.63, 3.8) is 0 Å². The fourth-order valence-electron chi connectivity index (χ4n) is 3.37. The molecule has 0 fully saturated rings. The Morgan fingerprint density at radius 3 is 3.00 bits per heavy atom. The Labute approximate surface area is 138 Å². The van der Waals surface area contributed by atoms with Crippen LogP contribution in [0.2, 0.25) is 0 Å². The number of tetrazole rings is 1. The molecule has 0 spiro atoms. The molecule has 124 valence electrons. The molecule has 0 bridgehead atoms. The molecule has 8 heteroatoms. The molecule has 2 aliphatic rings. The van der Waals surface area contributed by atoms with Crippen LogP contribution in [-0.4, -0.2) is 44.4 Å². The molecule has 1 aliphatic heterocycles. The third kappa shape index (κ3) is 2.18. The largest absolute Gasteiger partial charge is 0.390 e. The van der Waals surface area contributed by atoms with Gasteiger partial charge in [-0.3, -0.25) is 4.79 Å².